The molecule has 3 rings (SSSR count). The fourth-order valence-corrected chi connectivity index (χ4v) is 3.69. The van der Waals surface area contributed by atoms with E-state index >= 15 is 0 Å². The molecule has 0 bridgehead atoms. The Morgan fingerprint density at radius 3 is 1.97 bits per heavy atom. The van der Waals surface area contributed by atoms with Gasteiger partial charge in [0.15, 0.2) is 6.61 Å². The highest BCUT2D eigenvalue weighted by Crippen LogP contribution is 2.20. The third kappa shape index (κ3) is 7.89. The van der Waals surface area contributed by atoms with Crippen LogP contribution in [-0.4, -0.2) is 24.4 Å². The minimum atomic E-state index is -0.561. The molecule has 3 aromatic carbocycles. The third-order valence-electron chi connectivity index (χ3n) is 5.41. The summed E-state index contributed by atoms with van der Waals surface area (Å²) in [7, 11) is 0. The average molecular weight is 459 g/mol. The summed E-state index contributed by atoms with van der Waals surface area (Å²) in [6.07, 6.45) is 0.546. The maximum absolute atomic E-state index is 12.6. The van der Waals surface area contributed by atoms with Gasteiger partial charge in [0.2, 0.25) is 5.91 Å². The lowest BCUT2D eigenvalue weighted by atomic mass is 9.99. The van der Waals surface area contributed by atoms with Crippen LogP contribution in [0.1, 0.15) is 47.7 Å². The van der Waals surface area contributed by atoms with Crippen LogP contribution in [0, 0.1) is 6.92 Å². The molecule has 0 aromatic heterocycles. The second-order valence-corrected chi connectivity index (χ2v) is 8.25. The van der Waals surface area contributed by atoms with Crippen LogP contribution in [0.3, 0.4) is 0 Å². The molecule has 2 N–H and O–H groups in total. The predicted molar refractivity (Wildman–Crippen MR) is 131 cm³/mol. The highest BCUT2D eigenvalue weighted by molar-refractivity contribution is 5.81. The monoisotopic (exact) mass is 458 g/mol. The van der Waals surface area contributed by atoms with Crippen LogP contribution in [0.5, 0.6) is 0 Å². The zero-order valence-corrected chi connectivity index (χ0v) is 19.5. The molecule has 0 heterocycles. The quantitative estimate of drug-likeness (QED) is 0.446. The van der Waals surface area contributed by atoms with Crippen LogP contribution in [0.15, 0.2) is 84.9 Å². The van der Waals surface area contributed by atoms with Crippen molar-refractivity contribution in [3.63, 3.8) is 0 Å². The smallest absolute Gasteiger partial charge is 0.308 e. The second-order valence-electron chi connectivity index (χ2n) is 8.25. The summed E-state index contributed by atoms with van der Waals surface area (Å²) in [6, 6.07) is 26.4. The number of benzene rings is 3. The number of hydrogen-bond acceptors (Lipinski definition) is 4. The fraction of sp³-hybridized carbons (Fsp3) is 0.250. The Kier molecular flexibility index (Phi) is 8.97. The molecule has 0 aliphatic heterocycles. The molecule has 0 fully saturated rings. The average Bonchev–Trinajstić information content (AvgIpc) is 2.83. The molecule has 6 heteroatoms. The molecule has 0 saturated heterocycles. The summed E-state index contributed by atoms with van der Waals surface area (Å²) >= 11 is 0. The van der Waals surface area contributed by atoms with Crippen LogP contribution in [0.2, 0.25) is 0 Å². The largest absolute Gasteiger partial charge is 0.456 e. The van der Waals surface area contributed by atoms with Gasteiger partial charge in [-0.3, -0.25) is 14.4 Å². The number of aryl methyl sites for hydroxylation is 1. The molecule has 0 spiro atoms. The van der Waals surface area contributed by atoms with Crippen LogP contribution < -0.4 is 10.6 Å². The number of amides is 2. The highest BCUT2D eigenvalue weighted by Gasteiger charge is 2.20. The lowest BCUT2D eigenvalue weighted by Crippen LogP contribution is -2.34. The minimum absolute atomic E-state index is 0.0674. The lowest BCUT2D eigenvalue weighted by Gasteiger charge is -2.20. The van der Waals surface area contributed by atoms with Gasteiger partial charge in [0.05, 0.1) is 18.5 Å². The Morgan fingerprint density at radius 1 is 0.765 bits per heavy atom. The summed E-state index contributed by atoms with van der Waals surface area (Å²) < 4.78 is 5.25. The molecule has 3 aromatic rings. The molecule has 176 valence electrons. The van der Waals surface area contributed by atoms with Gasteiger partial charge >= 0.3 is 5.97 Å². The van der Waals surface area contributed by atoms with Gasteiger partial charge in [-0.15, -0.1) is 0 Å². The van der Waals surface area contributed by atoms with E-state index < -0.39 is 18.6 Å². The maximum Gasteiger partial charge on any atom is 0.308 e. The van der Waals surface area contributed by atoms with Crippen LogP contribution in [-0.2, 0) is 25.5 Å². The molecular weight excluding hydrogens is 428 g/mol. The summed E-state index contributed by atoms with van der Waals surface area (Å²) in [5.74, 6) is -1.19. The van der Waals surface area contributed by atoms with Crippen molar-refractivity contribution in [3.8, 4) is 0 Å². The number of esters is 1. The maximum atomic E-state index is 12.6. The van der Waals surface area contributed by atoms with E-state index in [1.165, 1.54) is 6.92 Å². The fourth-order valence-electron chi connectivity index (χ4n) is 3.69. The Balaban J connectivity index is 1.59. The number of carbonyl (C=O) groups is 3. The van der Waals surface area contributed by atoms with E-state index in [9.17, 15) is 14.4 Å². The lowest BCUT2D eigenvalue weighted by molar-refractivity contribution is -0.149. The molecule has 2 atom stereocenters. The number of carbonyl (C=O) groups excluding carboxylic acids is 3. The second kappa shape index (κ2) is 12.3. The van der Waals surface area contributed by atoms with Gasteiger partial charge in [-0.25, -0.2) is 0 Å². The molecule has 0 aliphatic rings. The molecule has 34 heavy (non-hydrogen) atoms. The number of ether oxygens (including phenoxy) is 1. The Labute approximate surface area is 200 Å². The number of nitrogens with one attached hydrogen (secondary N) is 2. The van der Waals surface area contributed by atoms with Crippen LogP contribution in [0.4, 0.5) is 0 Å². The van der Waals surface area contributed by atoms with Crippen LogP contribution in [0.25, 0.3) is 0 Å². The Bertz CT molecular complexity index is 1080. The Hall–Kier alpha value is -3.93. The number of hydrogen-bond donors (Lipinski definition) is 2. The van der Waals surface area contributed by atoms with Crippen molar-refractivity contribution in [1.82, 2.24) is 10.6 Å². The SMILES string of the molecule is CC(=O)NC(CC(=O)OCC(=O)NC(Cc1ccccc1)c1ccccc1)c1ccc(C)cc1. The van der Waals surface area contributed by atoms with Crippen LogP contribution >= 0.6 is 0 Å². The third-order valence-corrected chi connectivity index (χ3v) is 5.41. The molecule has 2 amide bonds. The van der Waals surface area contributed by atoms with Crippen molar-refractivity contribution < 1.29 is 19.1 Å². The van der Waals surface area contributed by atoms with Crippen molar-refractivity contribution in [2.24, 2.45) is 0 Å². The van der Waals surface area contributed by atoms with Gasteiger partial charge in [0.25, 0.3) is 5.91 Å². The Morgan fingerprint density at radius 2 is 1.35 bits per heavy atom. The number of rotatable bonds is 10. The van der Waals surface area contributed by atoms with E-state index in [1.54, 1.807) is 0 Å². The van der Waals surface area contributed by atoms with Crippen molar-refractivity contribution in [2.45, 2.75) is 38.8 Å². The van der Waals surface area contributed by atoms with Crippen molar-refractivity contribution in [1.29, 1.82) is 0 Å². The van der Waals surface area contributed by atoms with E-state index in [0.717, 1.165) is 22.3 Å². The summed E-state index contributed by atoms with van der Waals surface area (Å²) in [5.41, 5.74) is 3.93. The van der Waals surface area contributed by atoms with E-state index in [0.29, 0.717) is 6.42 Å². The van der Waals surface area contributed by atoms with Crippen molar-refractivity contribution in [2.75, 3.05) is 6.61 Å². The zero-order valence-electron chi connectivity index (χ0n) is 19.5. The van der Waals surface area contributed by atoms with Gasteiger partial charge in [-0.1, -0.05) is 90.5 Å². The standard InChI is InChI=1S/C28H30N2O4/c1-20-13-15-24(16-14-20)26(29-21(2)31)18-28(33)34-19-27(32)30-25(23-11-7-4-8-12-23)17-22-9-5-3-6-10-22/h3-16,25-26H,17-19H2,1-2H3,(H,29,31)(H,30,32). The first-order chi connectivity index (χ1) is 16.4. The summed E-state index contributed by atoms with van der Waals surface area (Å²) in [5, 5.41) is 5.75. The highest BCUT2D eigenvalue weighted by atomic mass is 16.5. The molecule has 2 unspecified atom stereocenters. The van der Waals surface area contributed by atoms with Gasteiger partial charge in [-0.2, -0.15) is 0 Å². The van der Waals surface area contributed by atoms with E-state index in [4.69, 9.17) is 4.74 Å². The van der Waals surface area contributed by atoms with E-state index in [2.05, 4.69) is 10.6 Å². The molecule has 0 saturated carbocycles. The predicted octanol–water partition coefficient (Wildman–Crippen LogP) is 4.21. The molecule has 0 aliphatic carbocycles. The topological polar surface area (TPSA) is 84.5 Å². The van der Waals surface area contributed by atoms with Crippen molar-refractivity contribution in [3.05, 3.63) is 107 Å². The van der Waals surface area contributed by atoms with Gasteiger partial charge < -0.3 is 15.4 Å². The normalized spacial score (nSPS) is 12.3. The van der Waals surface area contributed by atoms with Gasteiger partial charge in [0.1, 0.15) is 0 Å². The minimum Gasteiger partial charge on any atom is -0.456 e. The molecule has 0 radical (unpaired) electrons. The summed E-state index contributed by atoms with van der Waals surface area (Å²) in [4.78, 5) is 36.7. The van der Waals surface area contributed by atoms with E-state index in [-0.39, 0.29) is 24.3 Å². The first kappa shape index (κ1) is 24.7. The zero-order chi connectivity index (χ0) is 24.3. The first-order valence-electron chi connectivity index (χ1n) is 11.3. The molecular formula is C28H30N2O4. The van der Waals surface area contributed by atoms with Gasteiger partial charge in [-0.05, 0) is 30.0 Å². The van der Waals surface area contributed by atoms with Crippen molar-refractivity contribution >= 4 is 17.8 Å². The summed E-state index contributed by atoms with van der Waals surface area (Å²) in [6.45, 7) is 2.97. The van der Waals surface area contributed by atoms with E-state index in [1.807, 2.05) is 91.9 Å². The van der Waals surface area contributed by atoms with Gasteiger partial charge in [0, 0.05) is 6.92 Å². The molecule has 6 nitrogen and oxygen atoms in total. The first-order valence-corrected chi connectivity index (χ1v) is 11.3.